The maximum Gasteiger partial charge on any atom is 0.248 e. The summed E-state index contributed by atoms with van der Waals surface area (Å²) in [6.07, 6.45) is 3.51. The van der Waals surface area contributed by atoms with Crippen LogP contribution in [0.2, 0.25) is 5.02 Å². The van der Waals surface area contributed by atoms with Gasteiger partial charge < -0.3 is 15.7 Å². The lowest BCUT2D eigenvalue weighted by Crippen LogP contribution is -2.62. The van der Waals surface area contributed by atoms with Crippen LogP contribution in [0.25, 0.3) is 0 Å². The van der Waals surface area contributed by atoms with Crippen molar-refractivity contribution in [2.24, 2.45) is 17.3 Å². The molecule has 1 aromatic rings. The summed E-state index contributed by atoms with van der Waals surface area (Å²) in [5.41, 5.74) is -1.79. The second-order valence-corrected chi connectivity index (χ2v) is 12.7. The molecule has 5 saturated carbocycles. The van der Waals surface area contributed by atoms with Crippen molar-refractivity contribution in [1.82, 2.24) is 10.2 Å². The van der Waals surface area contributed by atoms with E-state index in [0.717, 1.165) is 6.42 Å². The highest BCUT2D eigenvalue weighted by Gasteiger charge is 2.69. The number of halogens is 3. The minimum Gasteiger partial charge on any atom is -0.389 e. The van der Waals surface area contributed by atoms with Gasteiger partial charge in [-0.25, -0.2) is 8.78 Å². The van der Waals surface area contributed by atoms with Gasteiger partial charge >= 0.3 is 0 Å². The number of alkyl halides is 2. The van der Waals surface area contributed by atoms with Crippen molar-refractivity contribution in [3.63, 3.8) is 0 Å². The molecule has 2 amide bonds. The van der Waals surface area contributed by atoms with E-state index in [0.29, 0.717) is 48.8 Å². The molecule has 0 spiro atoms. The Balaban J connectivity index is 1.21. The Hall–Kier alpha value is -2.26. The van der Waals surface area contributed by atoms with Gasteiger partial charge in [-0.1, -0.05) is 23.7 Å². The van der Waals surface area contributed by atoms with Crippen LogP contribution in [-0.2, 0) is 15.1 Å². The SMILES string of the molecule is C[C@@]1(c2cccc(NC(=O)C34CC5CC(CC3(O)C5)C4)c2Cl)CC(=O)N(C2CCC(F)(F)CC2)C(=N)N1. The maximum atomic E-state index is 13.6. The van der Waals surface area contributed by atoms with Crippen molar-refractivity contribution < 1.29 is 23.5 Å². The maximum absolute atomic E-state index is 13.6. The molecule has 7 nitrogen and oxygen atoms in total. The first-order valence-electron chi connectivity index (χ1n) is 13.2. The zero-order valence-corrected chi connectivity index (χ0v) is 21.6. The largest absolute Gasteiger partial charge is 0.389 e. The van der Waals surface area contributed by atoms with Crippen molar-refractivity contribution in [2.45, 2.75) is 94.2 Å². The molecular weight excluding hydrogens is 502 g/mol. The quantitative estimate of drug-likeness (QED) is 0.446. The zero-order valence-electron chi connectivity index (χ0n) is 20.9. The molecule has 5 aliphatic carbocycles. The van der Waals surface area contributed by atoms with Gasteiger partial charge in [0.2, 0.25) is 17.7 Å². The molecule has 200 valence electrons. The van der Waals surface area contributed by atoms with Gasteiger partial charge in [-0.3, -0.25) is 19.9 Å². The van der Waals surface area contributed by atoms with E-state index < -0.39 is 28.5 Å². The van der Waals surface area contributed by atoms with Gasteiger partial charge in [0.25, 0.3) is 0 Å². The minimum atomic E-state index is -2.72. The van der Waals surface area contributed by atoms with Crippen LogP contribution in [-0.4, -0.2) is 45.3 Å². The lowest BCUT2D eigenvalue weighted by atomic mass is 9.74. The lowest BCUT2D eigenvalue weighted by Gasteiger charge is -2.45. The molecule has 1 aromatic carbocycles. The standard InChI is InChI=1S/C27H33ClF2N4O3/c1-24(14-20(35)34(23(31)33-24)17-5-7-27(29,30)8-6-17)18-3-2-4-19(21(18)28)32-22(36)25-10-15-9-16(11-25)13-26(25,37)12-15/h2-4,15-17,37H,5-14H2,1H3,(H2,31,33)(H,32,36)/t15?,16?,24-,25?,26?/m0/s1. The van der Waals surface area contributed by atoms with Gasteiger partial charge in [-0.2, -0.15) is 0 Å². The molecule has 7 rings (SSSR count). The number of carbonyl (C=O) groups is 2. The predicted molar refractivity (Wildman–Crippen MR) is 134 cm³/mol. The third kappa shape index (κ3) is 3.79. The Bertz CT molecular complexity index is 1150. The Morgan fingerprint density at radius 2 is 1.84 bits per heavy atom. The minimum absolute atomic E-state index is 0.00750. The molecule has 0 radical (unpaired) electrons. The average Bonchev–Trinajstić information content (AvgIpc) is 3.13. The first-order chi connectivity index (χ1) is 17.3. The van der Waals surface area contributed by atoms with Crippen LogP contribution in [0.15, 0.2) is 18.2 Å². The van der Waals surface area contributed by atoms with Gasteiger partial charge in [0, 0.05) is 18.9 Å². The van der Waals surface area contributed by atoms with E-state index in [2.05, 4.69) is 10.6 Å². The fraction of sp³-hybridized carbons (Fsp3) is 0.667. The van der Waals surface area contributed by atoms with E-state index in [9.17, 15) is 23.5 Å². The summed E-state index contributed by atoms with van der Waals surface area (Å²) in [7, 11) is 0. The van der Waals surface area contributed by atoms with E-state index in [1.165, 1.54) is 4.90 Å². The van der Waals surface area contributed by atoms with Gasteiger partial charge in [-0.05, 0) is 75.3 Å². The molecule has 0 aromatic heterocycles. The van der Waals surface area contributed by atoms with Gasteiger partial charge in [0.1, 0.15) is 0 Å². The number of carbonyl (C=O) groups excluding carboxylic acids is 2. The second kappa shape index (κ2) is 8.12. The molecule has 2 unspecified atom stereocenters. The van der Waals surface area contributed by atoms with Crippen LogP contribution in [0.5, 0.6) is 0 Å². The number of amides is 2. The molecule has 4 bridgehead atoms. The summed E-state index contributed by atoms with van der Waals surface area (Å²) in [6.45, 7) is 1.78. The summed E-state index contributed by atoms with van der Waals surface area (Å²) in [6, 6.07) is 4.78. The van der Waals surface area contributed by atoms with Gasteiger partial charge in [-0.15, -0.1) is 0 Å². The molecule has 6 aliphatic rings. The fourth-order valence-corrected chi connectivity index (χ4v) is 8.61. The van der Waals surface area contributed by atoms with Gasteiger partial charge in [0.15, 0.2) is 5.96 Å². The lowest BCUT2D eigenvalue weighted by molar-refractivity contribution is -0.137. The van der Waals surface area contributed by atoms with E-state index in [4.69, 9.17) is 17.0 Å². The molecule has 6 fully saturated rings. The number of benzene rings is 1. The number of hydrogen-bond donors (Lipinski definition) is 4. The summed E-state index contributed by atoms with van der Waals surface area (Å²) >= 11 is 6.81. The summed E-state index contributed by atoms with van der Waals surface area (Å²) in [5.74, 6) is -2.60. The van der Waals surface area contributed by atoms with E-state index >= 15 is 0 Å². The topological polar surface area (TPSA) is 106 Å². The molecule has 10 heteroatoms. The van der Waals surface area contributed by atoms with Gasteiger partial charge in [0.05, 0.1) is 33.7 Å². The van der Waals surface area contributed by atoms with Crippen molar-refractivity contribution >= 4 is 35.1 Å². The fourth-order valence-electron chi connectivity index (χ4n) is 8.23. The monoisotopic (exact) mass is 534 g/mol. The zero-order chi connectivity index (χ0) is 26.4. The highest BCUT2D eigenvalue weighted by molar-refractivity contribution is 6.34. The Kier molecular flexibility index (Phi) is 5.50. The molecule has 1 aliphatic heterocycles. The smallest absolute Gasteiger partial charge is 0.248 e. The molecule has 3 atom stereocenters. The van der Waals surface area contributed by atoms with Crippen molar-refractivity contribution in [3.8, 4) is 0 Å². The van der Waals surface area contributed by atoms with Crippen LogP contribution in [0, 0.1) is 22.7 Å². The highest BCUT2D eigenvalue weighted by atomic mass is 35.5. The highest BCUT2D eigenvalue weighted by Crippen LogP contribution is 2.67. The van der Waals surface area contributed by atoms with Crippen molar-refractivity contribution in [3.05, 3.63) is 28.8 Å². The Morgan fingerprint density at radius 1 is 1.19 bits per heavy atom. The summed E-state index contributed by atoms with van der Waals surface area (Å²) in [4.78, 5) is 28.1. The summed E-state index contributed by atoms with van der Waals surface area (Å²) in [5, 5.41) is 26.2. The molecule has 1 saturated heterocycles. The van der Waals surface area contributed by atoms with Crippen molar-refractivity contribution in [2.75, 3.05) is 5.32 Å². The van der Waals surface area contributed by atoms with E-state index in [-0.39, 0.29) is 54.9 Å². The number of nitrogens with zero attached hydrogens (tertiary/aromatic N) is 1. The van der Waals surface area contributed by atoms with Crippen LogP contribution in [0.1, 0.15) is 76.7 Å². The first-order valence-corrected chi connectivity index (χ1v) is 13.6. The number of aliphatic hydroxyl groups is 1. The molecular formula is C27H33ClF2N4O3. The van der Waals surface area contributed by atoms with Crippen LogP contribution >= 0.6 is 11.6 Å². The van der Waals surface area contributed by atoms with E-state index in [1.807, 2.05) is 0 Å². The first kappa shape index (κ1) is 25.0. The normalized spacial score (nSPS) is 38.7. The van der Waals surface area contributed by atoms with Crippen LogP contribution in [0.3, 0.4) is 0 Å². The van der Waals surface area contributed by atoms with Crippen LogP contribution in [0.4, 0.5) is 14.5 Å². The number of anilines is 1. The third-order valence-electron chi connectivity index (χ3n) is 9.82. The molecule has 1 heterocycles. The average molecular weight is 535 g/mol. The molecule has 4 N–H and O–H groups in total. The predicted octanol–water partition coefficient (Wildman–Crippen LogP) is 4.77. The Morgan fingerprint density at radius 3 is 2.46 bits per heavy atom. The van der Waals surface area contributed by atoms with Crippen molar-refractivity contribution in [1.29, 1.82) is 5.41 Å². The second-order valence-electron chi connectivity index (χ2n) is 12.4. The number of nitrogens with one attached hydrogen (secondary N) is 3. The molecule has 37 heavy (non-hydrogen) atoms. The van der Waals surface area contributed by atoms with E-state index in [1.54, 1.807) is 25.1 Å². The number of hydrogen-bond acceptors (Lipinski definition) is 4. The summed E-state index contributed by atoms with van der Waals surface area (Å²) < 4.78 is 27.3. The van der Waals surface area contributed by atoms with Crippen LogP contribution < -0.4 is 10.6 Å². The third-order valence-corrected chi connectivity index (χ3v) is 10.2. The Labute approximate surface area is 219 Å². The number of guanidine groups is 1. The number of rotatable bonds is 4.